The van der Waals surface area contributed by atoms with Crippen LogP contribution in [-0.2, 0) is 16.1 Å². The highest BCUT2D eigenvalue weighted by Crippen LogP contribution is 2.37. The number of benzene rings is 1. The van der Waals surface area contributed by atoms with E-state index < -0.39 is 22.9 Å². The van der Waals surface area contributed by atoms with Gasteiger partial charge in [-0.25, -0.2) is 0 Å². The van der Waals surface area contributed by atoms with Gasteiger partial charge in [-0.05, 0) is 46.1 Å². The summed E-state index contributed by atoms with van der Waals surface area (Å²) in [6, 6.07) is 9.59. The van der Waals surface area contributed by atoms with Gasteiger partial charge in [-0.2, -0.15) is 0 Å². The molecule has 0 spiro atoms. The van der Waals surface area contributed by atoms with Crippen molar-refractivity contribution in [3.05, 3.63) is 35.9 Å². The highest BCUT2D eigenvalue weighted by molar-refractivity contribution is 6.35. The van der Waals surface area contributed by atoms with Crippen molar-refractivity contribution in [2.45, 2.75) is 64.2 Å². The quantitative estimate of drug-likeness (QED) is 0.817. The van der Waals surface area contributed by atoms with Crippen molar-refractivity contribution in [3.8, 4) is 0 Å². The Morgan fingerprint density at radius 3 is 2.17 bits per heavy atom. The van der Waals surface area contributed by atoms with E-state index in [1.807, 2.05) is 58.0 Å². The summed E-state index contributed by atoms with van der Waals surface area (Å²) in [7, 11) is 0. The first-order valence-corrected chi connectivity index (χ1v) is 8.05. The van der Waals surface area contributed by atoms with E-state index in [0.29, 0.717) is 19.4 Å². The molecule has 2 rings (SSSR count). The molecule has 0 bridgehead atoms. The average Bonchev–Trinajstić information content (AvgIpc) is 2.42. The number of nitrogens with one attached hydrogen (secondary N) is 1. The maximum atomic E-state index is 12.7. The highest BCUT2D eigenvalue weighted by Gasteiger charge is 2.48. The summed E-state index contributed by atoms with van der Waals surface area (Å²) in [4.78, 5) is 26.8. The SMILES string of the molecule is CC1(C)CC(N)CC(C)(C)N1C(=O)C(=O)NCc1ccccc1. The van der Waals surface area contributed by atoms with Gasteiger partial charge in [0.1, 0.15) is 0 Å². The molecule has 0 unspecified atom stereocenters. The van der Waals surface area contributed by atoms with E-state index in [4.69, 9.17) is 5.73 Å². The van der Waals surface area contributed by atoms with Crippen LogP contribution < -0.4 is 11.1 Å². The molecule has 1 saturated heterocycles. The van der Waals surface area contributed by atoms with E-state index >= 15 is 0 Å². The molecule has 3 N–H and O–H groups in total. The van der Waals surface area contributed by atoms with Gasteiger partial charge in [0.15, 0.2) is 0 Å². The molecule has 5 heteroatoms. The molecule has 126 valence electrons. The normalized spacial score (nSPS) is 20.1. The molecule has 23 heavy (non-hydrogen) atoms. The number of piperidine rings is 1. The summed E-state index contributed by atoms with van der Waals surface area (Å²) in [6.07, 6.45) is 1.38. The van der Waals surface area contributed by atoms with Gasteiger partial charge in [0.25, 0.3) is 0 Å². The third kappa shape index (κ3) is 3.91. The highest BCUT2D eigenvalue weighted by atomic mass is 16.2. The molecule has 0 radical (unpaired) electrons. The van der Waals surface area contributed by atoms with E-state index in [2.05, 4.69) is 5.32 Å². The zero-order valence-electron chi connectivity index (χ0n) is 14.4. The fourth-order valence-corrected chi connectivity index (χ4v) is 3.86. The van der Waals surface area contributed by atoms with Crippen LogP contribution >= 0.6 is 0 Å². The Balaban J connectivity index is 2.09. The molecule has 0 aromatic heterocycles. The minimum absolute atomic E-state index is 0.0384. The Morgan fingerprint density at radius 2 is 1.65 bits per heavy atom. The van der Waals surface area contributed by atoms with Crippen LogP contribution in [0.2, 0.25) is 0 Å². The minimum Gasteiger partial charge on any atom is -0.344 e. The number of rotatable bonds is 2. The summed E-state index contributed by atoms with van der Waals surface area (Å²) >= 11 is 0. The average molecular weight is 317 g/mol. The first-order valence-electron chi connectivity index (χ1n) is 8.05. The summed E-state index contributed by atoms with van der Waals surface area (Å²) < 4.78 is 0. The van der Waals surface area contributed by atoms with Crippen molar-refractivity contribution in [3.63, 3.8) is 0 Å². The second-order valence-electron chi connectivity index (χ2n) is 7.60. The molecular weight excluding hydrogens is 290 g/mol. The maximum Gasteiger partial charge on any atom is 0.312 e. The van der Waals surface area contributed by atoms with E-state index in [9.17, 15) is 9.59 Å². The zero-order chi connectivity index (χ0) is 17.3. The fraction of sp³-hybridized carbons (Fsp3) is 0.556. The Bertz CT molecular complexity index is 563. The lowest BCUT2D eigenvalue weighted by molar-refractivity contribution is -0.159. The smallest absolute Gasteiger partial charge is 0.312 e. The van der Waals surface area contributed by atoms with Crippen LogP contribution in [0.3, 0.4) is 0 Å². The topological polar surface area (TPSA) is 75.4 Å². The van der Waals surface area contributed by atoms with Gasteiger partial charge in [-0.1, -0.05) is 30.3 Å². The number of carbonyl (C=O) groups is 2. The molecule has 0 saturated carbocycles. The Morgan fingerprint density at radius 1 is 1.13 bits per heavy atom. The van der Waals surface area contributed by atoms with E-state index in [-0.39, 0.29) is 6.04 Å². The van der Waals surface area contributed by atoms with Crippen LogP contribution in [0.15, 0.2) is 30.3 Å². The maximum absolute atomic E-state index is 12.7. The molecule has 1 fully saturated rings. The van der Waals surface area contributed by atoms with E-state index in [0.717, 1.165) is 5.56 Å². The third-order valence-electron chi connectivity index (χ3n) is 4.43. The molecule has 2 amide bonds. The number of amides is 2. The Hall–Kier alpha value is -1.88. The number of nitrogens with two attached hydrogens (primary N) is 1. The van der Waals surface area contributed by atoms with Crippen LogP contribution in [0.4, 0.5) is 0 Å². The number of carbonyl (C=O) groups excluding carboxylic acids is 2. The number of hydrogen-bond donors (Lipinski definition) is 2. The van der Waals surface area contributed by atoms with Gasteiger partial charge in [-0.15, -0.1) is 0 Å². The van der Waals surface area contributed by atoms with Gasteiger partial charge in [0, 0.05) is 23.7 Å². The lowest BCUT2D eigenvalue weighted by atomic mass is 9.77. The van der Waals surface area contributed by atoms with Crippen molar-refractivity contribution in [2.24, 2.45) is 5.73 Å². The number of hydrogen-bond acceptors (Lipinski definition) is 3. The Kier molecular flexibility index (Phi) is 4.80. The summed E-state index contributed by atoms with van der Waals surface area (Å²) in [5.74, 6) is -1.05. The molecule has 1 heterocycles. The Labute approximate surface area is 138 Å². The lowest BCUT2D eigenvalue weighted by Crippen LogP contribution is -2.67. The van der Waals surface area contributed by atoms with Crippen LogP contribution in [-0.4, -0.2) is 33.8 Å². The van der Waals surface area contributed by atoms with Gasteiger partial charge >= 0.3 is 11.8 Å². The number of nitrogens with zero attached hydrogens (tertiary/aromatic N) is 1. The fourth-order valence-electron chi connectivity index (χ4n) is 3.86. The molecule has 1 aliphatic rings. The van der Waals surface area contributed by atoms with Crippen molar-refractivity contribution in [1.82, 2.24) is 10.2 Å². The van der Waals surface area contributed by atoms with Crippen molar-refractivity contribution >= 4 is 11.8 Å². The molecule has 1 aromatic rings. The molecule has 0 atom stereocenters. The molecular formula is C18H27N3O2. The minimum atomic E-state index is -0.564. The first kappa shape index (κ1) is 17.5. The molecule has 0 aliphatic carbocycles. The largest absolute Gasteiger partial charge is 0.344 e. The van der Waals surface area contributed by atoms with Gasteiger partial charge in [0.05, 0.1) is 0 Å². The van der Waals surface area contributed by atoms with Gasteiger partial charge < -0.3 is 16.0 Å². The van der Waals surface area contributed by atoms with E-state index in [1.165, 1.54) is 0 Å². The predicted molar refractivity (Wildman–Crippen MR) is 90.5 cm³/mol. The van der Waals surface area contributed by atoms with Crippen LogP contribution in [0.1, 0.15) is 46.1 Å². The van der Waals surface area contributed by atoms with Gasteiger partial charge in [-0.3, -0.25) is 9.59 Å². The summed E-state index contributed by atoms with van der Waals surface area (Å²) in [6.45, 7) is 8.22. The van der Waals surface area contributed by atoms with Crippen molar-refractivity contribution < 1.29 is 9.59 Å². The second kappa shape index (κ2) is 6.32. The van der Waals surface area contributed by atoms with E-state index in [1.54, 1.807) is 4.90 Å². The second-order valence-corrected chi connectivity index (χ2v) is 7.60. The first-order chi connectivity index (χ1) is 10.6. The summed E-state index contributed by atoms with van der Waals surface area (Å²) in [5, 5.41) is 2.72. The number of likely N-dealkylation sites (tertiary alicyclic amines) is 1. The lowest BCUT2D eigenvalue weighted by Gasteiger charge is -2.54. The van der Waals surface area contributed by atoms with Crippen LogP contribution in [0.25, 0.3) is 0 Å². The molecule has 5 nitrogen and oxygen atoms in total. The summed E-state index contributed by atoms with van der Waals surface area (Å²) in [5.41, 5.74) is 6.20. The van der Waals surface area contributed by atoms with Crippen molar-refractivity contribution in [1.29, 1.82) is 0 Å². The van der Waals surface area contributed by atoms with Gasteiger partial charge in [0.2, 0.25) is 0 Å². The van der Waals surface area contributed by atoms with Crippen molar-refractivity contribution in [2.75, 3.05) is 0 Å². The van der Waals surface area contributed by atoms with Crippen LogP contribution in [0.5, 0.6) is 0 Å². The third-order valence-corrected chi connectivity index (χ3v) is 4.43. The predicted octanol–water partition coefficient (Wildman–Crippen LogP) is 1.81. The molecule has 1 aliphatic heterocycles. The molecule has 1 aromatic carbocycles. The standard InChI is InChI=1S/C18H27N3O2/c1-17(2)10-14(19)11-18(3,4)21(17)16(23)15(22)20-12-13-8-6-5-7-9-13/h5-9,14H,10-12,19H2,1-4H3,(H,20,22). The zero-order valence-corrected chi connectivity index (χ0v) is 14.4. The monoisotopic (exact) mass is 317 g/mol. The van der Waals surface area contributed by atoms with Crippen LogP contribution in [0, 0.1) is 0 Å².